The Hall–Kier alpha value is -2.57. The summed E-state index contributed by atoms with van der Waals surface area (Å²) in [6.07, 6.45) is 3.44. The minimum Gasteiger partial charge on any atom is -0.361 e. The maximum atomic E-state index is 14.0. The average Bonchev–Trinajstić information content (AvgIpc) is 3.00. The van der Waals surface area contributed by atoms with Crippen LogP contribution >= 0.6 is 0 Å². The monoisotopic (exact) mass is 332 g/mol. The Bertz CT molecular complexity index is 758. The third-order valence-corrected chi connectivity index (χ3v) is 4.36. The minimum absolute atomic E-state index is 0.0169. The SMILES string of the molecule is CC(=O)N1CCC[C@@H](NC(=O)NCc2cc3[nH]ccc3cc2F)C1. The van der Waals surface area contributed by atoms with Crippen molar-refractivity contribution in [1.82, 2.24) is 20.5 Å². The molecule has 0 spiro atoms. The van der Waals surface area contributed by atoms with Crippen LogP contribution in [0.4, 0.5) is 9.18 Å². The molecule has 6 nitrogen and oxygen atoms in total. The van der Waals surface area contributed by atoms with Crippen molar-refractivity contribution < 1.29 is 14.0 Å². The number of halogens is 1. The van der Waals surface area contributed by atoms with Crippen LogP contribution in [0.15, 0.2) is 24.4 Å². The number of urea groups is 1. The average molecular weight is 332 g/mol. The van der Waals surface area contributed by atoms with E-state index in [4.69, 9.17) is 0 Å². The van der Waals surface area contributed by atoms with Crippen molar-refractivity contribution >= 4 is 22.8 Å². The van der Waals surface area contributed by atoms with Gasteiger partial charge in [0, 0.05) is 55.3 Å². The van der Waals surface area contributed by atoms with Crippen LogP contribution in [-0.4, -0.2) is 41.0 Å². The Kier molecular flexibility index (Phi) is 4.69. The highest BCUT2D eigenvalue weighted by Gasteiger charge is 2.22. The molecule has 0 aliphatic carbocycles. The van der Waals surface area contributed by atoms with Crippen LogP contribution < -0.4 is 10.6 Å². The van der Waals surface area contributed by atoms with E-state index in [0.29, 0.717) is 12.1 Å². The Morgan fingerprint density at radius 1 is 1.42 bits per heavy atom. The summed E-state index contributed by atoms with van der Waals surface area (Å²) in [5.74, 6) is -0.328. The van der Waals surface area contributed by atoms with Crippen molar-refractivity contribution in [2.75, 3.05) is 13.1 Å². The highest BCUT2D eigenvalue weighted by atomic mass is 19.1. The molecule has 1 fully saturated rings. The van der Waals surface area contributed by atoms with Gasteiger partial charge in [-0.1, -0.05) is 0 Å². The Balaban J connectivity index is 1.55. The molecular formula is C17H21FN4O2. The summed E-state index contributed by atoms with van der Waals surface area (Å²) in [5, 5.41) is 6.33. The summed E-state index contributed by atoms with van der Waals surface area (Å²) in [4.78, 5) is 28.2. The number of hydrogen-bond donors (Lipinski definition) is 3. The summed E-state index contributed by atoms with van der Waals surface area (Å²) >= 11 is 0. The van der Waals surface area contributed by atoms with Crippen LogP contribution in [0.5, 0.6) is 0 Å². The van der Waals surface area contributed by atoms with Crippen molar-refractivity contribution in [3.63, 3.8) is 0 Å². The number of nitrogens with zero attached hydrogens (tertiary/aromatic N) is 1. The van der Waals surface area contributed by atoms with Crippen LogP contribution in [0, 0.1) is 5.82 Å². The van der Waals surface area contributed by atoms with Crippen LogP contribution in [0.25, 0.3) is 10.9 Å². The summed E-state index contributed by atoms with van der Waals surface area (Å²) in [5.41, 5.74) is 1.26. The lowest BCUT2D eigenvalue weighted by atomic mass is 10.1. The highest BCUT2D eigenvalue weighted by Crippen LogP contribution is 2.18. The number of H-pyrrole nitrogens is 1. The molecule has 0 saturated carbocycles. The first-order chi connectivity index (χ1) is 11.5. The molecule has 24 heavy (non-hydrogen) atoms. The molecule has 1 aliphatic heterocycles. The van der Waals surface area contributed by atoms with Gasteiger partial charge in [-0.15, -0.1) is 0 Å². The first-order valence-corrected chi connectivity index (χ1v) is 8.08. The number of rotatable bonds is 3. The standard InChI is InChI=1S/C17H21FN4O2/c1-11(23)22-6-2-3-14(10-22)21-17(24)20-9-13-8-16-12(4-5-19-16)7-15(13)18/h4-5,7-8,14,19H,2-3,6,9-10H2,1H3,(H2,20,21,24)/t14-/m1/s1. The zero-order valence-corrected chi connectivity index (χ0v) is 13.6. The van der Waals surface area contributed by atoms with Crippen LogP contribution in [0.3, 0.4) is 0 Å². The van der Waals surface area contributed by atoms with E-state index in [2.05, 4.69) is 15.6 Å². The van der Waals surface area contributed by atoms with E-state index < -0.39 is 0 Å². The van der Waals surface area contributed by atoms with Crippen LogP contribution in [0.1, 0.15) is 25.3 Å². The summed E-state index contributed by atoms with van der Waals surface area (Å²) in [7, 11) is 0. The lowest BCUT2D eigenvalue weighted by Gasteiger charge is -2.32. The molecule has 7 heteroatoms. The first kappa shape index (κ1) is 16.3. The zero-order valence-electron chi connectivity index (χ0n) is 13.6. The molecular weight excluding hydrogens is 311 g/mol. The van der Waals surface area contributed by atoms with Gasteiger partial charge in [0.15, 0.2) is 0 Å². The lowest BCUT2D eigenvalue weighted by molar-refractivity contribution is -0.130. The van der Waals surface area contributed by atoms with Gasteiger partial charge >= 0.3 is 6.03 Å². The first-order valence-electron chi connectivity index (χ1n) is 8.08. The number of likely N-dealkylation sites (tertiary alicyclic amines) is 1. The fourth-order valence-corrected chi connectivity index (χ4v) is 3.05. The second-order valence-corrected chi connectivity index (χ2v) is 6.14. The largest absolute Gasteiger partial charge is 0.361 e. The van der Waals surface area contributed by atoms with Gasteiger partial charge in [-0.25, -0.2) is 9.18 Å². The fraction of sp³-hybridized carbons (Fsp3) is 0.412. The maximum absolute atomic E-state index is 14.0. The molecule has 1 aromatic carbocycles. The Labute approximate surface area is 139 Å². The van der Waals surface area contributed by atoms with Gasteiger partial charge in [-0.2, -0.15) is 0 Å². The number of aromatic nitrogens is 1. The molecule has 0 radical (unpaired) electrons. The van der Waals surface area contributed by atoms with Crippen molar-refractivity contribution in [3.05, 3.63) is 35.8 Å². The number of hydrogen-bond acceptors (Lipinski definition) is 2. The smallest absolute Gasteiger partial charge is 0.315 e. The van der Waals surface area contributed by atoms with E-state index in [1.54, 1.807) is 23.2 Å². The molecule has 2 aromatic rings. The third-order valence-electron chi connectivity index (χ3n) is 4.36. The molecule has 3 N–H and O–H groups in total. The van der Waals surface area contributed by atoms with E-state index in [1.165, 1.54) is 13.0 Å². The van der Waals surface area contributed by atoms with Crippen LogP contribution in [0.2, 0.25) is 0 Å². The van der Waals surface area contributed by atoms with Crippen molar-refractivity contribution in [2.45, 2.75) is 32.4 Å². The lowest BCUT2D eigenvalue weighted by Crippen LogP contribution is -2.51. The molecule has 1 aromatic heterocycles. The fourth-order valence-electron chi connectivity index (χ4n) is 3.05. The molecule has 0 unspecified atom stereocenters. The van der Waals surface area contributed by atoms with E-state index in [-0.39, 0.29) is 30.3 Å². The highest BCUT2D eigenvalue weighted by molar-refractivity contribution is 5.80. The predicted molar refractivity (Wildman–Crippen MR) is 88.9 cm³/mol. The Morgan fingerprint density at radius 3 is 3.04 bits per heavy atom. The quantitative estimate of drug-likeness (QED) is 0.805. The summed E-state index contributed by atoms with van der Waals surface area (Å²) in [6, 6.07) is 4.52. The van der Waals surface area contributed by atoms with Gasteiger partial charge in [0.05, 0.1) is 0 Å². The number of amides is 3. The van der Waals surface area contributed by atoms with Crippen molar-refractivity contribution in [1.29, 1.82) is 0 Å². The predicted octanol–water partition coefficient (Wildman–Crippen LogP) is 2.12. The third kappa shape index (κ3) is 3.67. The van der Waals surface area contributed by atoms with Crippen molar-refractivity contribution in [2.24, 2.45) is 0 Å². The summed E-state index contributed by atoms with van der Waals surface area (Å²) < 4.78 is 14.0. The zero-order chi connectivity index (χ0) is 17.1. The molecule has 1 atom stereocenters. The molecule has 0 bridgehead atoms. The Morgan fingerprint density at radius 2 is 2.25 bits per heavy atom. The number of fused-ring (bicyclic) bond motifs is 1. The minimum atomic E-state index is -0.351. The van der Waals surface area contributed by atoms with E-state index in [9.17, 15) is 14.0 Å². The molecule has 2 heterocycles. The molecule has 128 valence electrons. The van der Waals surface area contributed by atoms with E-state index in [0.717, 1.165) is 30.3 Å². The molecule has 3 amide bonds. The molecule has 3 rings (SSSR count). The topological polar surface area (TPSA) is 77.2 Å². The van der Waals surface area contributed by atoms with Gasteiger partial charge in [0.1, 0.15) is 5.82 Å². The number of piperidine rings is 1. The van der Waals surface area contributed by atoms with Crippen molar-refractivity contribution in [3.8, 4) is 0 Å². The number of nitrogens with one attached hydrogen (secondary N) is 3. The van der Waals surface area contributed by atoms with E-state index in [1.807, 2.05) is 0 Å². The second kappa shape index (κ2) is 6.90. The van der Waals surface area contributed by atoms with Gasteiger partial charge in [0.2, 0.25) is 5.91 Å². The normalized spacial score (nSPS) is 17.8. The van der Waals surface area contributed by atoms with Gasteiger partial charge in [-0.05, 0) is 31.0 Å². The van der Waals surface area contributed by atoms with Gasteiger partial charge < -0.3 is 20.5 Å². The van der Waals surface area contributed by atoms with Crippen LogP contribution in [-0.2, 0) is 11.3 Å². The number of aromatic amines is 1. The number of carbonyl (C=O) groups is 2. The maximum Gasteiger partial charge on any atom is 0.315 e. The van der Waals surface area contributed by atoms with Gasteiger partial charge in [0.25, 0.3) is 0 Å². The molecule has 1 saturated heterocycles. The van der Waals surface area contributed by atoms with Gasteiger partial charge in [-0.3, -0.25) is 4.79 Å². The number of benzene rings is 1. The number of carbonyl (C=O) groups excluding carboxylic acids is 2. The van der Waals surface area contributed by atoms with E-state index >= 15 is 0 Å². The summed E-state index contributed by atoms with van der Waals surface area (Å²) in [6.45, 7) is 2.89. The molecule has 1 aliphatic rings. The second-order valence-electron chi connectivity index (χ2n) is 6.14.